The highest BCUT2D eigenvalue weighted by molar-refractivity contribution is 6.14. The topological polar surface area (TPSA) is 30.7 Å². The van der Waals surface area contributed by atoms with Gasteiger partial charge in [0.25, 0.3) is 0 Å². The summed E-state index contributed by atoms with van der Waals surface area (Å²) in [5.41, 5.74) is 13.8. The van der Waals surface area contributed by atoms with E-state index in [9.17, 15) is 0 Å². The number of hydrogen-bond acceptors (Lipinski definition) is 2. The van der Waals surface area contributed by atoms with Crippen LogP contribution in [0, 0.1) is 0 Å². The van der Waals surface area contributed by atoms with Gasteiger partial charge in [-0.3, -0.25) is 9.97 Å². The van der Waals surface area contributed by atoms with Gasteiger partial charge in [-0.1, -0.05) is 91.5 Å². The van der Waals surface area contributed by atoms with E-state index in [-0.39, 0.29) is 0 Å². The molecule has 3 nitrogen and oxygen atoms in total. The summed E-state index contributed by atoms with van der Waals surface area (Å²) in [5, 5.41) is 6.40. The maximum absolute atomic E-state index is 4.76. The van der Waals surface area contributed by atoms with Crippen molar-refractivity contribution in [1.82, 2.24) is 14.5 Å². The van der Waals surface area contributed by atoms with Crippen LogP contribution in [-0.4, -0.2) is 14.5 Å². The number of benzene rings is 5. The van der Waals surface area contributed by atoms with E-state index in [4.69, 9.17) is 4.98 Å². The fourth-order valence-electron chi connectivity index (χ4n) is 7.72. The molecule has 0 N–H and O–H groups in total. The normalized spacial score (nSPS) is 12.7. The molecule has 3 heteroatoms. The Morgan fingerprint density at radius 1 is 0.660 bits per heavy atom. The predicted molar refractivity (Wildman–Crippen MR) is 212 cm³/mol. The second-order valence-corrected chi connectivity index (χ2v) is 12.9. The number of allylic oxidation sites excluding steroid dienone is 2. The summed E-state index contributed by atoms with van der Waals surface area (Å²) in [7, 11) is 0. The Bertz CT molecular complexity index is 2640. The minimum atomic E-state index is 0.881. The van der Waals surface area contributed by atoms with Crippen molar-refractivity contribution in [2.75, 3.05) is 0 Å². The van der Waals surface area contributed by atoms with Gasteiger partial charge in [0, 0.05) is 34.6 Å². The maximum Gasteiger partial charge on any atom is 0.0886 e. The first-order chi connectivity index (χ1) is 24.7. The maximum atomic E-state index is 4.76. The van der Waals surface area contributed by atoms with Gasteiger partial charge in [0.2, 0.25) is 0 Å². The highest BCUT2D eigenvalue weighted by Gasteiger charge is 2.19. The molecule has 0 amide bonds. The summed E-state index contributed by atoms with van der Waals surface area (Å²) in [6, 6.07) is 41.5. The molecular weight excluding hydrogens is 607 g/mol. The van der Waals surface area contributed by atoms with Gasteiger partial charge in [-0.2, -0.15) is 0 Å². The van der Waals surface area contributed by atoms with Crippen LogP contribution in [0.2, 0.25) is 0 Å². The number of aromatic nitrogens is 3. The van der Waals surface area contributed by atoms with E-state index in [1.807, 2.05) is 30.5 Å². The molecule has 3 aromatic heterocycles. The Balaban J connectivity index is 1.17. The highest BCUT2D eigenvalue weighted by atomic mass is 15.0. The Labute approximate surface area is 292 Å². The van der Waals surface area contributed by atoms with Gasteiger partial charge in [0.15, 0.2) is 0 Å². The molecule has 0 bridgehead atoms. The van der Waals surface area contributed by atoms with Crippen LogP contribution in [0.5, 0.6) is 0 Å². The Hall–Kier alpha value is -6.32. The van der Waals surface area contributed by atoms with E-state index in [0.29, 0.717) is 0 Å². The Morgan fingerprint density at radius 3 is 2.10 bits per heavy atom. The van der Waals surface area contributed by atoms with Gasteiger partial charge in [-0.15, -0.1) is 0 Å². The molecule has 1 aliphatic carbocycles. The quantitative estimate of drug-likeness (QED) is 0.169. The molecule has 0 aliphatic heterocycles. The third-order valence-electron chi connectivity index (χ3n) is 10.1. The lowest BCUT2D eigenvalue weighted by molar-refractivity contribution is 1.00. The Kier molecular flexibility index (Phi) is 7.32. The second kappa shape index (κ2) is 12.3. The van der Waals surface area contributed by atoms with Gasteiger partial charge < -0.3 is 4.57 Å². The number of fused-ring (bicyclic) bond motifs is 7. The monoisotopic (exact) mass is 641 g/mol. The first kappa shape index (κ1) is 29.8. The van der Waals surface area contributed by atoms with E-state index >= 15 is 0 Å². The fourth-order valence-corrected chi connectivity index (χ4v) is 7.72. The molecule has 0 atom stereocenters. The molecule has 1 aliphatic rings. The molecule has 0 saturated heterocycles. The van der Waals surface area contributed by atoms with Crippen molar-refractivity contribution in [2.45, 2.75) is 19.8 Å². The van der Waals surface area contributed by atoms with E-state index in [2.05, 4.69) is 144 Å². The average Bonchev–Trinajstić information content (AvgIpc) is 3.50. The van der Waals surface area contributed by atoms with E-state index in [1.54, 1.807) is 6.20 Å². The molecular formula is C47H35N3. The number of rotatable bonds is 6. The Morgan fingerprint density at radius 2 is 1.36 bits per heavy atom. The van der Waals surface area contributed by atoms with Crippen LogP contribution in [0.25, 0.3) is 90.0 Å². The average molecular weight is 642 g/mol. The lowest BCUT2D eigenvalue weighted by atomic mass is 9.84. The van der Waals surface area contributed by atoms with Gasteiger partial charge in [-0.25, -0.2) is 0 Å². The first-order valence-corrected chi connectivity index (χ1v) is 17.3. The second-order valence-electron chi connectivity index (χ2n) is 12.9. The third kappa shape index (κ3) is 4.90. The smallest absolute Gasteiger partial charge is 0.0886 e. The molecule has 0 saturated carbocycles. The van der Waals surface area contributed by atoms with Gasteiger partial charge in [0.1, 0.15) is 0 Å². The molecule has 0 radical (unpaired) electrons. The summed E-state index contributed by atoms with van der Waals surface area (Å²) < 4.78 is 2.34. The van der Waals surface area contributed by atoms with Crippen molar-refractivity contribution in [2.24, 2.45) is 0 Å². The zero-order valence-corrected chi connectivity index (χ0v) is 28.0. The lowest BCUT2D eigenvalue weighted by Crippen LogP contribution is -1.98. The summed E-state index contributed by atoms with van der Waals surface area (Å²) >= 11 is 0. The van der Waals surface area contributed by atoms with Crippen molar-refractivity contribution in [1.29, 1.82) is 0 Å². The number of para-hydroxylation sites is 1. The van der Waals surface area contributed by atoms with Crippen molar-refractivity contribution in [3.8, 4) is 39.3 Å². The fraction of sp³-hybridized carbons (Fsp3) is 0.0638. The van der Waals surface area contributed by atoms with Crippen LogP contribution in [0.1, 0.15) is 35.7 Å². The zero-order valence-electron chi connectivity index (χ0n) is 28.0. The molecule has 0 fully saturated rings. The van der Waals surface area contributed by atoms with E-state index in [0.717, 1.165) is 46.7 Å². The minimum absolute atomic E-state index is 0.881. The summed E-state index contributed by atoms with van der Waals surface area (Å²) in [5.74, 6) is 0. The number of hydrogen-bond donors (Lipinski definition) is 0. The number of pyridine rings is 2. The number of nitrogens with zero attached hydrogens (tertiary/aromatic N) is 3. The van der Waals surface area contributed by atoms with Crippen molar-refractivity contribution in [3.05, 3.63) is 169 Å². The van der Waals surface area contributed by atoms with E-state index in [1.165, 1.54) is 60.3 Å². The molecule has 0 spiro atoms. The van der Waals surface area contributed by atoms with E-state index < -0.39 is 0 Å². The predicted octanol–water partition coefficient (Wildman–Crippen LogP) is 12.4. The lowest BCUT2D eigenvalue weighted by Gasteiger charge is -2.19. The molecule has 5 aromatic carbocycles. The van der Waals surface area contributed by atoms with Gasteiger partial charge >= 0.3 is 0 Å². The van der Waals surface area contributed by atoms with Gasteiger partial charge in [0.05, 0.1) is 22.6 Å². The van der Waals surface area contributed by atoms with Crippen LogP contribution in [0.4, 0.5) is 0 Å². The van der Waals surface area contributed by atoms with Crippen molar-refractivity contribution in [3.63, 3.8) is 0 Å². The van der Waals surface area contributed by atoms with Crippen LogP contribution in [-0.2, 0) is 6.42 Å². The molecule has 9 rings (SSSR count). The summed E-state index contributed by atoms with van der Waals surface area (Å²) in [6.45, 7) is 6.30. The van der Waals surface area contributed by atoms with Crippen molar-refractivity contribution < 1.29 is 0 Å². The van der Waals surface area contributed by atoms with Gasteiger partial charge in [-0.05, 0) is 130 Å². The summed E-state index contributed by atoms with van der Waals surface area (Å²) in [6.07, 6.45) is 16.8. The standard InChI is InChI=1S/C47H35N3/c1-3-12-46-36(4-2)43-29-32(21-25-47(43)50(46)35-13-6-5-7-14-35)31-18-22-39-40-23-19-33(28-42(40)38-16-9-8-15-37(38)41(39)27-31)34-20-24-45(49-30-34)44-17-10-11-26-48-44/h3-8,10-15,17-30H,2,9,16H2,1H3/b12-3-. The summed E-state index contributed by atoms with van der Waals surface area (Å²) in [4.78, 5) is 9.22. The molecule has 238 valence electrons. The zero-order chi connectivity index (χ0) is 33.6. The third-order valence-corrected chi connectivity index (χ3v) is 10.1. The highest BCUT2D eigenvalue weighted by Crippen LogP contribution is 2.41. The number of aryl methyl sites for hydroxylation is 1. The largest absolute Gasteiger partial charge is 0.309 e. The first-order valence-electron chi connectivity index (χ1n) is 17.3. The van der Waals surface area contributed by atoms with Crippen LogP contribution in [0.3, 0.4) is 0 Å². The molecule has 8 aromatic rings. The molecule has 50 heavy (non-hydrogen) atoms. The van der Waals surface area contributed by atoms with Crippen molar-refractivity contribution >= 4 is 50.7 Å². The minimum Gasteiger partial charge on any atom is -0.309 e. The molecule has 3 heterocycles. The van der Waals surface area contributed by atoms with Crippen LogP contribution >= 0.6 is 0 Å². The van der Waals surface area contributed by atoms with Crippen LogP contribution < -0.4 is 0 Å². The molecule has 0 unspecified atom stereocenters. The van der Waals surface area contributed by atoms with Crippen LogP contribution in [0.15, 0.2) is 146 Å². The SMILES string of the molecule is C=Cc1c(/C=C\C)n(-c2ccccc2)c2ccc(-c3ccc4c(c3)c3c(c5cc(-c6ccc(-c7ccccn7)nc6)ccc54)CCC=C3)cc12.